The molecule has 2 heterocycles. The summed E-state index contributed by atoms with van der Waals surface area (Å²) in [6.07, 6.45) is 1.66. The topological polar surface area (TPSA) is 86.5 Å². The van der Waals surface area contributed by atoms with Crippen molar-refractivity contribution in [2.45, 2.75) is 13.5 Å². The largest absolute Gasteiger partial charge is 0.493 e. The zero-order chi connectivity index (χ0) is 25.2. The normalized spacial score (nSPS) is 11.5. The van der Waals surface area contributed by atoms with Gasteiger partial charge >= 0.3 is 0 Å². The van der Waals surface area contributed by atoms with Gasteiger partial charge in [0.05, 0.1) is 23.3 Å². The quantitative estimate of drug-likeness (QED) is 0.170. The van der Waals surface area contributed by atoms with E-state index in [2.05, 4.69) is 76.6 Å². The first-order valence-corrected chi connectivity index (χ1v) is 12.6. The van der Waals surface area contributed by atoms with Gasteiger partial charge in [-0.2, -0.15) is 10.1 Å². The van der Waals surface area contributed by atoms with Gasteiger partial charge in [0.25, 0.3) is 5.95 Å². The molecule has 8 nitrogen and oxygen atoms in total. The fourth-order valence-corrected chi connectivity index (χ4v) is 4.77. The van der Waals surface area contributed by atoms with Crippen LogP contribution in [0.2, 0.25) is 0 Å². The number of methoxy groups -OCH3 is 1. The van der Waals surface area contributed by atoms with Crippen LogP contribution in [0.25, 0.3) is 22.1 Å². The number of hydrazone groups is 1. The average Bonchev–Trinajstić information content (AvgIpc) is 3.14. The number of fused-ring (bicyclic) bond motifs is 3. The molecule has 36 heavy (non-hydrogen) atoms. The summed E-state index contributed by atoms with van der Waals surface area (Å²) in [5, 5.41) is 13.8. The van der Waals surface area contributed by atoms with Crippen LogP contribution in [0.1, 0.15) is 16.7 Å². The van der Waals surface area contributed by atoms with Crippen molar-refractivity contribution in [3.63, 3.8) is 0 Å². The molecule has 2 aromatic heterocycles. The van der Waals surface area contributed by atoms with E-state index in [4.69, 9.17) is 9.47 Å². The van der Waals surface area contributed by atoms with Crippen molar-refractivity contribution in [3.8, 4) is 11.5 Å². The number of nitrogens with zero attached hydrogens (tertiary/aromatic N) is 5. The Labute approximate surface area is 224 Å². The zero-order valence-electron chi connectivity index (χ0n) is 19.8. The molecule has 0 saturated carbocycles. The number of rotatable bonds is 7. The third kappa shape index (κ3) is 4.91. The van der Waals surface area contributed by atoms with E-state index in [1.54, 1.807) is 13.3 Å². The van der Waals surface area contributed by atoms with Crippen LogP contribution in [-0.4, -0.2) is 33.1 Å². The van der Waals surface area contributed by atoms with Crippen molar-refractivity contribution in [2.24, 2.45) is 12.1 Å². The lowest BCUT2D eigenvalue weighted by molar-refractivity contribution is 0.282. The van der Waals surface area contributed by atoms with Gasteiger partial charge in [0, 0.05) is 16.9 Å². The van der Waals surface area contributed by atoms with Crippen molar-refractivity contribution in [3.05, 3.63) is 80.2 Å². The first-order valence-electron chi connectivity index (χ1n) is 11.1. The van der Waals surface area contributed by atoms with Crippen LogP contribution in [0, 0.1) is 6.92 Å². The summed E-state index contributed by atoms with van der Waals surface area (Å²) in [5.74, 6) is 1.52. The van der Waals surface area contributed by atoms with Gasteiger partial charge in [0.1, 0.15) is 12.1 Å². The van der Waals surface area contributed by atoms with Crippen molar-refractivity contribution in [2.75, 3.05) is 12.5 Å². The molecule has 5 aromatic rings. The average molecular weight is 610 g/mol. The van der Waals surface area contributed by atoms with Crippen molar-refractivity contribution in [1.82, 2.24) is 19.7 Å². The second-order valence-electron chi connectivity index (χ2n) is 8.21. The maximum Gasteiger partial charge on any atom is 0.265 e. The fourth-order valence-electron chi connectivity index (χ4n) is 3.84. The smallest absolute Gasteiger partial charge is 0.265 e. The van der Waals surface area contributed by atoms with E-state index in [9.17, 15) is 0 Å². The standard InChI is InChI=1S/C26H22Br2N6O2/c1-15-4-6-16(7-5-15)14-36-24-20(28)10-17(11-22(24)35-3)13-29-32-26-30-25-23(31-33-26)19-12-18(27)8-9-21(19)34(25)2/h4-13H,14H2,1-3H3,(H,30,32,33)/b29-13+. The van der Waals surface area contributed by atoms with Crippen molar-refractivity contribution < 1.29 is 9.47 Å². The summed E-state index contributed by atoms with van der Waals surface area (Å²) in [4.78, 5) is 4.59. The lowest BCUT2D eigenvalue weighted by Gasteiger charge is -2.13. The predicted molar refractivity (Wildman–Crippen MR) is 149 cm³/mol. The molecule has 10 heteroatoms. The minimum Gasteiger partial charge on any atom is -0.493 e. The molecular formula is C26H22Br2N6O2. The third-order valence-electron chi connectivity index (χ3n) is 5.69. The molecule has 0 bridgehead atoms. The van der Waals surface area contributed by atoms with Gasteiger partial charge < -0.3 is 14.0 Å². The molecule has 0 saturated heterocycles. The molecule has 0 atom stereocenters. The first-order chi connectivity index (χ1) is 17.4. The Morgan fingerprint density at radius 2 is 1.86 bits per heavy atom. The van der Waals surface area contributed by atoms with Crippen LogP contribution in [0.15, 0.2) is 68.6 Å². The molecule has 0 aliphatic carbocycles. The van der Waals surface area contributed by atoms with E-state index in [0.29, 0.717) is 24.1 Å². The molecule has 0 amide bonds. The monoisotopic (exact) mass is 608 g/mol. The number of hydrogen-bond acceptors (Lipinski definition) is 7. The number of aromatic nitrogens is 4. The molecule has 182 valence electrons. The van der Waals surface area contributed by atoms with Crippen molar-refractivity contribution >= 4 is 66.1 Å². The fraction of sp³-hybridized carbons (Fsp3) is 0.154. The highest BCUT2D eigenvalue weighted by Gasteiger charge is 2.14. The highest BCUT2D eigenvalue weighted by Crippen LogP contribution is 2.37. The number of nitrogens with one attached hydrogen (secondary N) is 1. The molecule has 1 N–H and O–H groups in total. The van der Waals surface area contributed by atoms with Crippen LogP contribution in [0.5, 0.6) is 11.5 Å². The predicted octanol–water partition coefficient (Wildman–Crippen LogP) is 6.38. The number of ether oxygens (including phenoxy) is 2. The van der Waals surface area contributed by atoms with Gasteiger partial charge in [-0.3, -0.25) is 0 Å². The van der Waals surface area contributed by atoms with E-state index in [1.807, 2.05) is 54.1 Å². The Kier molecular flexibility index (Phi) is 6.88. The van der Waals surface area contributed by atoms with Gasteiger partial charge in [-0.25, -0.2) is 5.43 Å². The third-order valence-corrected chi connectivity index (χ3v) is 6.78. The molecule has 0 spiro atoms. The summed E-state index contributed by atoms with van der Waals surface area (Å²) < 4.78 is 15.3. The zero-order valence-corrected chi connectivity index (χ0v) is 23.0. The summed E-state index contributed by atoms with van der Waals surface area (Å²) in [7, 11) is 3.56. The van der Waals surface area contributed by atoms with E-state index in [1.165, 1.54) is 5.56 Å². The molecule has 0 radical (unpaired) electrons. The van der Waals surface area contributed by atoms with E-state index >= 15 is 0 Å². The molecule has 0 fully saturated rings. The van der Waals surface area contributed by atoms with E-state index in [-0.39, 0.29) is 0 Å². The van der Waals surface area contributed by atoms with Gasteiger partial charge in [-0.05, 0) is 64.3 Å². The van der Waals surface area contributed by atoms with Crippen LogP contribution in [0.3, 0.4) is 0 Å². The van der Waals surface area contributed by atoms with Crippen LogP contribution >= 0.6 is 31.9 Å². The Hall–Kier alpha value is -3.50. The van der Waals surface area contributed by atoms with Crippen molar-refractivity contribution in [1.29, 1.82) is 0 Å². The Bertz CT molecular complexity index is 1600. The first kappa shape index (κ1) is 24.2. The molecule has 0 aliphatic heterocycles. The summed E-state index contributed by atoms with van der Waals surface area (Å²) in [5.41, 5.74) is 8.43. The van der Waals surface area contributed by atoms with Crippen LogP contribution in [0.4, 0.5) is 5.95 Å². The second-order valence-corrected chi connectivity index (χ2v) is 9.98. The summed E-state index contributed by atoms with van der Waals surface area (Å²) in [6.45, 7) is 2.49. The Balaban J connectivity index is 1.33. The number of anilines is 1. The highest BCUT2D eigenvalue weighted by atomic mass is 79.9. The van der Waals surface area contributed by atoms with E-state index < -0.39 is 0 Å². The molecule has 0 unspecified atom stereocenters. The minimum absolute atomic E-state index is 0.299. The van der Waals surface area contributed by atoms with Gasteiger partial charge in [-0.1, -0.05) is 45.8 Å². The number of hydrogen-bond donors (Lipinski definition) is 1. The minimum atomic E-state index is 0.299. The molecule has 0 aliphatic rings. The maximum atomic E-state index is 6.03. The molecule has 5 rings (SSSR count). The summed E-state index contributed by atoms with van der Waals surface area (Å²) >= 11 is 7.10. The van der Waals surface area contributed by atoms with Gasteiger partial charge in [-0.15, -0.1) is 10.2 Å². The summed E-state index contributed by atoms with van der Waals surface area (Å²) in [6, 6.07) is 18.0. The Morgan fingerprint density at radius 3 is 2.64 bits per heavy atom. The van der Waals surface area contributed by atoms with E-state index in [0.717, 1.165) is 42.1 Å². The van der Waals surface area contributed by atoms with Gasteiger partial charge in [0.2, 0.25) is 0 Å². The SMILES string of the molecule is COc1cc(/C=N/Nc2nnc3c4cc(Br)ccc4n(C)c3n2)cc(Br)c1OCc1ccc(C)cc1. The second kappa shape index (κ2) is 10.2. The highest BCUT2D eigenvalue weighted by molar-refractivity contribution is 9.10. The Morgan fingerprint density at radius 1 is 1.06 bits per heavy atom. The lowest BCUT2D eigenvalue weighted by Crippen LogP contribution is -2.01. The lowest BCUT2D eigenvalue weighted by atomic mass is 10.2. The van der Waals surface area contributed by atoms with Gasteiger partial charge in [0.15, 0.2) is 17.1 Å². The number of benzene rings is 3. The maximum absolute atomic E-state index is 6.03. The molecular weight excluding hydrogens is 588 g/mol. The molecule has 3 aromatic carbocycles. The van der Waals surface area contributed by atoms with Crippen LogP contribution < -0.4 is 14.9 Å². The number of aryl methyl sites for hydroxylation is 2. The number of halogens is 2. The van der Waals surface area contributed by atoms with Crippen LogP contribution in [-0.2, 0) is 13.7 Å².